The van der Waals surface area contributed by atoms with Gasteiger partial charge in [-0.05, 0) is 77.0 Å². The molecule has 10 heteroatoms. The van der Waals surface area contributed by atoms with E-state index in [0.29, 0.717) is 23.9 Å². The molecule has 0 spiro atoms. The summed E-state index contributed by atoms with van der Waals surface area (Å²) in [5.74, 6) is -0.893. The van der Waals surface area contributed by atoms with Crippen LogP contribution in [0.4, 0.5) is 0 Å². The van der Waals surface area contributed by atoms with E-state index in [2.05, 4.69) is 62.5 Å². The summed E-state index contributed by atoms with van der Waals surface area (Å²) < 4.78 is 33.8. The fraction of sp³-hybridized carbons (Fsp3) is 0.767. The average Bonchev–Trinajstić information content (AvgIpc) is 3.10. The van der Waals surface area contributed by atoms with E-state index in [9.17, 15) is 19.0 Å². The molecule has 0 aromatic carbocycles. The van der Waals surface area contributed by atoms with Crippen molar-refractivity contribution in [2.45, 2.75) is 168 Å². The van der Waals surface area contributed by atoms with Crippen LogP contribution in [-0.4, -0.2) is 70.0 Å². The number of carbonyl (C=O) groups excluding carboxylic acids is 2. The predicted molar refractivity (Wildman–Crippen MR) is 217 cm³/mol. The number of esters is 2. The molecule has 0 fully saturated rings. The first-order chi connectivity index (χ1) is 25.5. The van der Waals surface area contributed by atoms with Gasteiger partial charge in [-0.1, -0.05) is 120 Å². The maximum atomic E-state index is 12.6. The molecule has 2 atom stereocenters. The van der Waals surface area contributed by atoms with Crippen LogP contribution in [0.15, 0.2) is 48.6 Å². The highest BCUT2D eigenvalue weighted by atomic mass is 31.2. The van der Waals surface area contributed by atoms with Crippen molar-refractivity contribution in [3.63, 3.8) is 0 Å². The molecule has 0 rings (SSSR count). The highest BCUT2D eigenvalue weighted by Crippen LogP contribution is 2.38. The van der Waals surface area contributed by atoms with Crippen LogP contribution >= 0.6 is 7.82 Å². The number of phosphoric ester groups is 1. The van der Waals surface area contributed by atoms with Crippen molar-refractivity contribution in [3.05, 3.63) is 48.6 Å². The topological polar surface area (TPSA) is 111 Å². The molecule has 0 radical (unpaired) electrons. The molecular weight excluding hydrogens is 689 g/mol. The van der Waals surface area contributed by atoms with E-state index in [-0.39, 0.29) is 26.1 Å². The monoisotopic (exact) mass is 768 g/mol. The Labute approximate surface area is 324 Å². The molecule has 9 nitrogen and oxygen atoms in total. The van der Waals surface area contributed by atoms with Crippen molar-refractivity contribution in [2.75, 3.05) is 47.5 Å². The molecule has 0 aromatic heterocycles. The van der Waals surface area contributed by atoms with Crippen LogP contribution in [0.1, 0.15) is 162 Å². The molecule has 0 amide bonds. The molecule has 0 heterocycles. The van der Waals surface area contributed by atoms with Crippen molar-refractivity contribution < 1.29 is 42.1 Å². The van der Waals surface area contributed by atoms with Crippen LogP contribution < -0.4 is 4.89 Å². The van der Waals surface area contributed by atoms with E-state index in [1.54, 1.807) is 0 Å². The Morgan fingerprint density at radius 3 is 1.60 bits per heavy atom. The zero-order valence-corrected chi connectivity index (χ0v) is 35.3. The van der Waals surface area contributed by atoms with E-state index in [0.717, 1.165) is 64.2 Å². The number of rotatable bonds is 37. The van der Waals surface area contributed by atoms with E-state index in [1.807, 2.05) is 21.1 Å². The minimum atomic E-state index is -4.63. The summed E-state index contributed by atoms with van der Waals surface area (Å²) >= 11 is 0. The van der Waals surface area contributed by atoms with E-state index in [1.165, 1.54) is 57.8 Å². The average molecular weight is 768 g/mol. The molecule has 0 bridgehead atoms. The molecule has 0 aliphatic heterocycles. The molecule has 1 unspecified atom stereocenters. The summed E-state index contributed by atoms with van der Waals surface area (Å²) in [7, 11) is 1.13. The highest BCUT2D eigenvalue weighted by molar-refractivity contribution is 7.45. The van der Waals surface area contributed by atoms with Crippen molar-refractivity contribution in [3.8, 4) is 0 Å². The fourth-order valence-electron chi connectivity index (χ4n) is 5.24. The second kappa shape index (κ2) is 35.7. The normalized spacial score (nSPS) is 14.2. The maximum absolute atomic E-state index is 12.6. The van der Waals surface area contributed by atoms with Gasteiger partial charge >= 0.3 is 11.9 Å². The highest BCUT2D eigenvalue weighted by Gasteiger charge is 2.21. The molecule has 308 valence electrons. The van der Waals surface area contributed by atoms with Crippen molar-refractivity contribution >= 4 is 19.8 Å². The van der Waals surface area contributed by atoms with Gasteiger partial charge in [0.05, 0.1) is 27.7 Å². The summed E-state index contributed by atoms with van der Waals surface area (Å²) in [5, 5.41) is 0. The minimum absolute atomic E-state index is 0.0408. The van der Waals surface area contributed by atoms with Crippen molar-refractivity contribution in [1.29, 1.82) is 0 Å². The van der Waals surface area contributed by atoms with Crippen LogP contribution in [0.25, 0.3) is 0 Å². The first kappa shape index (κ1) is 51.0. The summed E-state index contributed by atoms with van der Waals surface area (Å²) in [6, 6.07) is 0. The van der Waals surface area contributed by atoms with Gasteiger partial charge in [0, 0.05) is 12.8 Å². The quantitative estimate of drug-likeness (QED) is 0.0202. The van der Waals surface area contributed by atoms with E-state index in [4.69, 9.17) is 18.5 Å². The van der Waals surface area contributed by atoms with E-state index < -0.39 is 32.5 Å². The Kier molecular flexibility index (Phi) is 34.3. The molecule has 0 aromatic rings. The van der Waals surface area contributed by atoms with E-state index >= 15 is 0 Å². The van der Waals surface area contributed by atoms with Gasteiger partial charge in [0.1, 0.15) is 19.8 Å². The third-order valence-electron chi connectivity index (χ3n) is 8.57. The molecular formula is C43H78NO8P. The Morgan fingerprint density at radius 1 is 0.585 bits per heavy atom. The zero-order valence-electron chi connectivity index (χ0n) is 34.4. The lowest BCUT2D eigenvalue weighted by molar-refractivity contribution is -0.870. The van der Waals surface area contributed by atoms with Crippen molar-refractivity contribution in [1.82, 2.24) is 0 Å². The SMILES string of the molecule is CCCCC/C=C\C/C=C\C/C=C\CCCCC(=O)O[C@H](COC(=O)CCCCCCC/C=C\CCCCCCC)COP(=O)([O-])OCC[N+](C)(C)C. The number of nitrogens with zero attached hydrogens (tertiary/aromatic N) is 1. The third-order valence-corrected chi connectivity index (χ3v) is 9.54. The van der Waals surface area contributed by atoms with Crippen LogP contribution in [0.3, 0.4) is 0 Å². The summed E-state index contributed by atoms with van der Waals surface area (Å²) in [6.07, 6.45) is 39.9. The summed E-state index contributed by atoms with van der Waals surface area (Å²) in [4.78, 5) is 37.4. The van der Waals surface area contributed by atoms with Crippen LogP contribution in [-0.2, 0) is 32.7 Å². The predicted octanol–water partition coefficient (Wildman–Crippen LogP) is 10.9. The number of unbranched alkanes of at least 4 members (excludes halogenated alkanes) is 15. The van der Waals surface area contributed by atoms with Gasteiger partial charge in [-0.25, -0.2) is 0 Å². The van der Waals surface area contributed by atoms with Crippen molar-refractivity contribution in [2.24, 2.45) is 0 Å². The Hall–Kier alpha value is -2.03. The number of allylic oxidation sites excluding steroid dienone is 8. The number of phosphoric acid groups is 1. The van der Waals surface area contributed by atoms with Gasteiger partial charge in [-0.3, -0.25) is 14.2 Å². The Bertz CT molecular complexity index is 1050. The number of quaternary nitrogens is 1. The lowest BCUT2D eigenvalue weighted by Crippen LogP contribution is -2.37. The first-order valence-corrected chi connectivity index (χ1v) is 22.3. The zero-order chi connectivity index (χ0) is 39.3. The number of carbonyl (C=O) groups is 2. The molecule has 0 saturated heterocycles. The second-order valence-electron chi connectivity index (χ2n) is 15.0. The van der Waals surface area contributed by atoms with Gasteiger partial charge in [0.15, 0.2) is 6.10 Å². The number of likely N-dealkylation sites (N-methyl/N-ethyl adjacent to an activating group) is 1. The standard InChI is InChI=1S/C43H78NO8P/c1-6-8-10-12-14-16-18-20-22-24-26-28-30-32-34-36-43(46)52-41(40-51-53(47,48)50-38-37-44(3,4)5)39-49-42(45)35-33-31-29-27-25-23-21-19-17-15-13-11-9-7-2/h14,16,19-22,26,28,41H,6-13,15,17-18,23-25,27,29-40H2,1-5H3/b16-14-,21-19-,22-20-,28-26-/t41-/m1/s1. The first-order valence-electron chi connectivity index (χ1n) is 20.8. The van der Waals surface area contributed by atoms with Crippen LogP contribution in [0.5, 0.6) is 0 Å². The molecule has 53 heavy (non-hydrogen) atoms. The molecule has 0 aliphatic rings. The van der Waals surface area contributed by atoms with Gasteiger partial charge < -0.3 is 27.9 Å². The minimum Gasteiger partial charge on any atom is -0.756 e. The lowest BCUT2D eigenvalue weighted by atomic mass is 10.1. The summed E-state index contributed by atoms with van der Waals surface area (Å²) in [6.45, 7) is 4.12. The fourth-order valence-corrected chi connectivity index (χ4v) is 5.97. The van der Waals surface area contributed by atoms with Gasteiger partial charge in [0.25, 0.3) is 7.82 Å². The van der Waals surface area contributed by atoms with Gasteiger partial charge in [0.2, 0.25) is 0 Å². The van der Waals surface area contributed by atoms with Crippen LogP contribution in [0.2, 0.25) is 0 Å². The molecule has 0 saturated carbocycles. The smallest absolute Gasteiger partial charge is 0.306 e. The van der Waals surface area contributed by atoms with Gasteiger partial charge in [-0.2, -0.15) is 0 Å². The van der Waals surface area contributed by atoms with Crippen LogP contribution in [0, 0.1) is 0 Å². The van der Waals surface area contributed by atoms with Gasteiger partial charge in [-0.15, -0.1) is 0 Å². The Balaban J connectivity index is 4.49. The second-order valence-corrected chi connectivity index (χ2v) is 16.4. The lowest BCUT2D eigenvalue weighted by Gasteiger charge is -2.28. The largest absolute Gasteiger partial charge is 0.756 e. The number of ether oxygens (including phenoxy) is 2. The Morgan fingerprint density at radius 2 is 1.02 bits per heavy atom. The molecule has 0 aliphatic carbocycles. The third kappa shape index (κ3) is 39.5. The number of hydrogen-bond acceptors (Lipinski definition) is 8. The number of hydrogen-bond donors (Lipinski definition) is 0. The maximum Gasteiger partial charge on any atom is 0.306 e. The molecule has 0 N–H and O–H groups in total. The summed E-state index contributed by atoms with van der Waals surface area (Å²) in [5.41, 5.74) is 0.